The fourth-order valence-corrected chi connectivity index (χ4v) is 0.203. The second kappa shape index (κ2) is 0.792. The van der Waals surface area contributed by atoms with Crippen molar-refractivity contribution in [2.75, 3.05) is 13.1 Å². The highest BCUT2D eigenvalue weighted by Gasteiger charge is 2.10. The zero-order chi connectivity index (χ0) is 3.70. The largest absolute Gasteiger partial charge is 0.297 e. The Kier molecular flexibility index (Phi) is 0.451. The number of rotatable bonds is 0. The van der Waals surface area contributed by atoms with Crippen molar-refractivity contribution in [1.82, 2.24) is 5.32 Å². The van der Waals surface area contributed by atoms with Gasteiger partial charge in [-0.1, -0.05) is 0 Å². The maximum atomic E-state index is 9.81. The van der Waals surface area contributed by atoms with E-state index in [4.69, 9.17) is 0 Å². The molecule has 0 aromatic rings. The van der Waals surface area contributed by atoms with Crippen LogP contribution in [0.25, 0.3) is 0 Å². The molecule has 0 saturated carbocycles. The molecule has 1 saturated heterocycles. The zero-order valence-electron chi connectivity index (χ0n) is 2.77. The highest BCUT2D eigenvalue weighted by molar-refractivity contribution is 5.87. The van der Waals surface area contributed by atoms with Gasteiger partial charge in [-0.25, -0.2) is 5.32 Å². The van der Waals surface area contributed by atoms with Crippen LogP contribution in [0.15, 0.2) is 0 Å². The van der Waals surface area contributed by atoms with Crippen molar-refractivity contribution in [2.45, 2.75) is 0 Å². The van der Waals surface area contributed by atoms with E-state index in [1.165, 1.54) is 0 Å². The Morgan fingerprint density at radius 1 is 1.60 bits per heavy atom. The maximum absolute atomic E-state index is 9.81. The molecular formula is C3H4NO. The molecule has 0 N–H and O–H groups in total. The van der Waals surface area contributed by atoms with Gasteiger partial charge in [0.1, 0.15) is 0 Å². The van der Waals surface area contributed by atoms with Crippen molar-refractivity contribution >= 4 is 5.78 Å². The van der Waals surface area contributed by atoms with Gasteiger partial charge in [0.25, 0.3) is 0 Å². The van der Waals surface area contributed by atoms with Crippen LogP contribution in [0.3, 0.4) is 0 Å². The minimum Gasteiger partial charge on any atom is -0.297 e. The summed E-state index contributed by atoms with van der Waals surface area (Å²) in [5.74, 6) is 0.269. The highest BCUT2D eigenvalue weighted by Crippen LogP contribution is 1.79. The second-order valence-electron chi connectivity index (χ2n) is 1.08. The Bertz CT molecular complexity index is 53.9. The minimum absolute atomic E-state index is 0.269. The molecule has 2 nitrogen and oxygen atoms in total. The molecule has 1 rings (SSSR count). The predicted octanol–water partition coefficient (Wildman–Crippen LogP) is -0.827. The summed E-state index contributed by atoms with van der Waals surface area (Å²) in [5.41, 5.74) is 0. The van der Waals surface area contributed by atoms with Crippen molar-refractivity contribution in [1.29, 1.82) is 0 Å². The molecule has 0 bridgehead atoms. The number of hydrogen-bond donors (Lipinski definition) is 0. The molecule has 5 heavy (non-hydrogen) atoms. The lowest BCUT2D eigenvalue weighted by atomic mass is 10.3. The van der Waals surface area contributed by atoms with E-state index < -0.39 is 0 Å². The van der Waals surface area contributed by atoms with Crippen molar-refractivity contribution in [3.8, 4) is 0 Å². The molecule has 1 aliphatic heterocycles. The van der Waals surface area contributed by atoms with Gasteiger partial charge in [0.05, 0.1) is 13.1 Å². The molecule has 0 aliphatic carbocycles. The van der Waals surface area contributed by atoms with E-state index >= 15 is 0 Å². The van der Waals surface area contributed by atoms with Crippen molar-refractivity contribution < 1.29 is 4.79 Å². The van der Waals surface area contributed by atoms with Crippen LogP contribution in [-0.4, -0.2) is 18.9 Å². The van der Waals surface area contributed by atoms with Crippen LogP contribution in [-0.2, 0) is 4.79 Å². The summed E-state index contributed by atoms with van der Waals surface area (Å²) in [4.78, 5) is 9.81. The molecule has 0 unspecified atom stereocenters. The van der Waals surface area contributed by atoms with Crippen LogP contribution in [0.4, 0.5) is 0 Å². The molecule has 0 amide bonds. The fraction of sp³-hybridized carbons (Fsp3) is 0.667. The van der Waals surface area contributed by atoms with E-state index in [0.717, 1.165) is 0 Å². The van der Waals surface area contributed by atoms with E-state index in [1.807, 2.05) is 0 Å². The Morgan fingerprint density at radius 3 is 2.00 bits per heavy atom. The van der Waals surface area contributed by atoms with Crippen LogP contribution in [0.1, 0.15) is 0 Å². The van der Waals surface area contributed by atoms with E-state index in [2.05, 4.69) is 5.32 Å². The standard InChI is InChI=1S/C3H4NO/c5-3-1-4-2-3/h1-2H2. The summed E-state index contributed by atoms with van der Waals surface area (Å²) in [5, 5.41) is 3.65. The third-order valence-electron chi connectivity index (χ3n) is 0.576. The predicted molar refractivity (Wildman–Crippen MR) is 16.9 cm³/mol. The quantitative estimate of drug-likeness (QED) is 0.366. The van der Waals surface area contributed by atoms with E-state index in [0.29, 0.717) is 13.1 Å². The van der Waals surface area contributed by atoms with Crippen LogP contribution in [0, 0.1) is 0 Å². The first-order valence-corrected chi connectivity index (χ1v) is 1.54. The van der Waals surface area contributed by atoms with Gasteiger partial charge < -0.3 is 0 Å². The third kappa shape index (κ3) is 0.304. The Morgan fingerprint density at radius 2 is 2.00 bits per heavy atom. The number of carbonyl (C=O) groups excluding carboxylic acids is 1. The SMILES string of the molecule is O=C1C[N]C1. The van der Waals surface area contributed by atoms with Crippen LogP contribution < -0.4 is 5.32 Å². The van der Waals surface area contributed by atoms with Crippen LogP contribution in [0.2, 0.25) is 0 Å². The van der Waals surface area contributed by atoms with Gasteiger partial charge in [0.15, 0.2) is 5.78 Å². The molecule has 1 radical (unpaired) electrons. The monoisotopic (exact) mass is 70.0 g/mol. The van der Waals surface area contributed by atoms with E-state index in [9.17, 15) is 4.79 Å². The lowest BCUT2D eigenvalue weighted by Gasteiger charge is -2.05. The maximum Gasteiger partial charge on any atom is 0.163 e. The molecule has 1 aliphatic rings. The summed E-state index contributed by atoms with van der Waals surface area (Å²) < 4.78 is 0. The number of ketones is 1. The molecule has 1 fully saturated rings. The van der Waals surface area contributed by atoms with Gasteiger partial charge >= 0.3 is 0 Å². The van der Waals surface area contributed by atoms with Gasteiger partial charge in [-0.3, -0.25) is 4.79 Å². The zero-order valence-corrected chi connectivity index (χ0v) is 2.77. The van der Waals surface area contributed by atoms with Gasteiger partial charge in [0, 0.05) is 0 Å². The average molecular weight is 70.1 g/mol. The summed E-state index contributed by atoms with van der Waals surface area (Å²) in [6, 6.07) is 0. The van der Waals surface area contributed by atoms with Crippen molar-refractivity contribution in [2.24, 2.45) is 0 Å². The van der Waals surface area contributed by atoms with E-state index in [1.54, 1.807) is 0 Å². The smallest absolute Gasteiger partial charge is 0.163 e. The summed E-state index contributed by atoms with van der Waals surface area (Å²) in [6.45, 7) is 0.944. The lowest BCUT2D eigenvalue weighted by molar-refractivity contribution is -0.121. The van der Waals surface area contributed by atoms with Crippen LogP contribution >= 0.6 is 0 Å². The Balaban J connectivity index is 2.32. The first-order chi connectivity index (χ1) is 2.39. The number of hydrogen-bond acceptors (Lipinski definition) is 1. The number of nitrogens with zero attached hydrogens (tertiary/aromatic N) is 1. The van der Waals surface area contributed by atoms with Crippen molar-refractivity contribution in [3.63, 3.8) is 0 Å². The first kappa shape index (κ1) is 2.85. The summed E-state index contributed by atoms with van der Waals surface area (Å²) in [7, 11) is 0. The molecule has 0 aromatic heterocycles. The van der Waals surface area contributed by atoms with Crippen molar-refractivity contribution in [3.05, 3.63) is 0 Å². The Hall–Kier alpha value is -0.370. The molecule has 0 aromatic carbocycles. The lowest BCUT2D eigenvalue weighted by Crippen LogP contribution is -2.35. The molecule has 0 atom stereocenters. The van der Waals surface area contributed by atoms with Gasteiger partial charge in [-0.2, -0.15) is 0 Å². The average Bonchev–Trinajstić information content (AvgIpc) is 1.30. The molecule has 0 spiro atoms. The minimum atomic E-state index is 0.269. The molecule has 1 heterocycles. The van der Waals surface area contributed by atoms with Crippen LogP contribution in [0.5, 0.6) is 0 Å². The fourth-order valence-electron chi connectivity index (χ4n) is 0.203. The van der Waals surface area contributed by atoms with Gasteiger partial charge in [0.2, 0.25) is 0 Å². The normalized spacial score (nSPS) is 22.0. The molecule has 27 valence electrons. The topological polar surface area (TPSA) is 31.2 Å². The Labute approximate surface area is 30.2 Å². The van der Waals surface area contributed by atoms with Gasteiger partial charge in [-0.05, 0) is 0 Å². The second-order valence-corrected chi connectivity index (χ2v) is 1.08. The highest BCUT2D eigenvalue weighted by atomic mass is 16.1. The number of carbonyl (C=O) groups is 1. The first-order valence-electron chi connectivity index (χ1n) is 1.54. The summed E-state index contributed by atoms with van der Waals surface area (Å²) >= 11 is 0. The molecule has 2 heteroatoms. The van der Waals surface area contributed by atoms with Gasteiger partial charge in [-0.15, -0.1) is 0 Å². The third-order valence-corrected chi connectivity index (χ3v) is 0.576. The van der Waals surface area contributed by atoms with E-state index in [-0.39, 0.29) is 5.78 Å². The number of Topliss-reactive ketones (excluding diaryl/α,β-unsaturated/α-hetero) is 1. The molecular weight excluding hydrogens is 66.0 g/mol. The summed E-state index contributed by atoms with van der Waals surface area (Å²) in [6.07, 6.45) is 0.